The number of hydrogen-bond acceptors (Lipinski definition) is 2. The van der Waals surface area contributed by atoms with Crippen molar-refractivity contribution in [2.45, 2.75) is 53.0 Å². The van der Waals surface area contributed by atoms with Crippen molar-refractivity contribution in [3.63, 3.8) is 0 Å². The number of hydrogen-bond donors (Lipinski definition) is 1. The molecule has 3 heteroatoms. The van der Waals surface area contributed by atoms with E-state index in [1.165, 1.54) is 0 Å². The molecular formula is C14H28N2O. The minimum absolute atomic E-state index is 0.183. The summed E-state index contributed by atoms with van der Waals surface area (Å²) in [4.78, 5) is 14.6. The van der Waals surface area contributed by atoms with E-state index in [-0.39, 0.29) is 5.92 Å². The van der Waals surface area contributed by atoms with Crippen LogP contribution in [0.4, 0.5) is 0 Å². The van der Waals surface area contributed by atoms with Crippen LogP contribution in [0.15, 0.2) is 0 Å². The Labute approximate surface area is 106 Å². The summed E-state index contributed by atoms with van der Waals surface area (Å²) in [5.74, 6) is 1.09. The van der Waals surface area contributed by atoms with E-state index in [4.69, 9.17) is 0 Å². The van der Waals surface area contributed by atoms with Crippen molar-refractivity contribution in [3.05, 3.63) is 0 Å². The third-order valence-electron chi connectivity index (χ3n) is 4.07. The molecule has 0 spiro atoms. The Morgan fingerprint density at radius 2 is 2.00 bits per heavy atom. The van der Waals surface area contributed by atoms with Crippen molar-refractivity contribution in [1.82, 2.24) is 10.2 Å². The summed E-state index contributed by atoms with van der Waals surface area (Å²) in [7, 11) is 0. The van der Waals surface area contributed by atoms with E-state index in [0.717, 1.165) is 38.9 Å². The van der Waals surface area contributed by atoms with E-state index in [0.29, 0.717) is 17.9 Å². The minimum Gasteiger partial charge on any atom is -0.340 e. The van der Waals surface area contributed by atoms with Gasteiger partial charge in [0.1, 0.15) is 0 Å². The third-order valence-corrected chi connectivity index (χ3v) is 4.07. The zero-order valence-corrected chi connectivity index (χ0v) is 11.8. The second-order valence-corrected chi connectivity index (χ2v) is 5.35. The molecule has 1 aliphatic heterocycles. The lowest BCUT2D eigenvalue weighted by Crippen LogP contribution is -2.52. The summed E-state index contributed by atoms with van der Waals surface area (Å²) in [6.07, 6.45) is 3.32. The fourth-order valence-corrected chi connectivity index (χ4v) is 2.22. The van der Waals surface area contributed by atoms with Gasteiger partial charge in [-0.2, -0.15) is 0 Å². The fraction of sp³-hybridized carbons (Fsp3) is 0.929. The molecule has 1 heterocycles. The first-order chi connectivity index (χ1) is 8.11. The second kappa shape index (κ2) is 7.00. The van der Waals surface area contributed by atoms with Crippen LogP contribution in [0.5, 0.6) is 0 Å². The van der Waals surface area contributed by atoms with Crippen LogP contribution in [-0.2, 0) is 4.79 Å². The maximum Gasteiger partial charge on any atom is 0.226 e. The predicted octanol–water partition coefficient (Wildman–Crippen LogP) is 2.27. The highest BCUT2D eigenvalue weighted by atomic mass is 16.2. The van der Waals surface area contributed by atoms with Crippen molar-refractivity contribution in [3.8, 4) is 0 Å². The molecule has 1 fully saturated rings. The molecule has 0 aromatic rings. The van der Waals surface area contributed by atoms with Gasteiger partial charge in [-0.3, -0.25) is 4.79 Å². The van der Waals surface area contributed by atoms with Gasteiger partial charge in [-0.05, 0) is 38.8 Å². The van der Waals surface area contributed by atoms with Gasteiger partial charge < -0.3 is 10.2 Å². The summed E-state index contributed by atoms with van der Waals surface area (Å²) in [6, 6.07) is 0.379. The first-order valence-electron chi connectivity index (χ1n) is 7.12. The number of nitrogens with one attached hydrogen (secondary N) is 1. The lowest BCUT2D eigenvalue weighted by molar-refractivity contribution is -0.139. The molecule has 1 N–H and O–H groups in total. The topological polar surface area (TPSA) is 32.3 Å². The van der Waals surface area contributed by atoms with E-state index < -0.39 is 0 Å². The van der Waals surface area contributed by atoms with E-state index in [9.17, 15) is 4.79 Å². The van der Waals surface area contributed by atoms with Gasteiger partial charge in [0.15, 0.2) is 0 Å². The summed E-state index contributed by atoms with van der Waals surface area (Å²) >= 11 is 0. The Kier molecular flexibility index (Phi) is 5.96. The number of unbranched alkanes of at least 4 members (excludes halogenated alkanes) is 1. The lowest BCUT2D eigenvalue weighted by atomic mass is 9.87. The monoisotopic (exact) mass is 240 g/mol. The van der Waals surface area contributed by atoms with Gasteiger partial charge in [0.25, 0.3) is 0 Å². The molecule has 100 valence electrons. The Hall–Kier alpha value is -0.570. The van der Waals surface area contributed by atoms with Crippen LogP contribution >= 0.6 is 0 Å². The molecule has 0 saturated carbocycles. The van der Waals surface area contributed by atoms with E-state index in [1.807, 2.05) is 0 Å². The van der Waals surface area contributed by atoms with E-state index in [2.05, 4.69) is 37.9 Å². The third kappa shape index (κ3) is 3.70. The minimum atomic E-state index is 0.183. The fourth-order valence-electron chi connectivity index (χ4n) is 2.22. The van der Waals surface area contributed by atoms with Gasteiger partial charge >= 0.3 is 0 Å². The van der Waals surface area contributed by atoms with E-state index in [1.54, 1.807) is 0 Å². The van der Waals surface area contributed by atoms with Gasteiger partial charge in [-0.25, -0.2) is 0 Å². The molecule has 1 saturated heterocycles. The summed E-state index contributed by atoms with van der Waals surface area (Å²) in [6.45, 7) is 11.5. The second-order valence-electron chi connectivity index (χ2n) is 5.35. The van der Waals surface area contributed by atoms with Crippen LogP contribution in [0.25, 0.3) is 0 Å². The molecule has 3 nitrogen and oxygen atoms in total. The van der Waals surface area contributed by atoms with Crippen LogP contribution in [0.3, 0.4) is 0 Å². The number of rotatable bonds is 7. The van der Waals surface area contributed by atoms with Crippen LogP contribution in [0.2, 0.25) is 0 Å². The van der Waals surface area contributed by atoms with Crippen molar-refractivity contribution in [2.75, 3.05) is 19.6 Å². The normalized spacial score (nSPS) is 19.5. The first kappa shape index (κ1) is 14.5. The van der Waals surface area contributed by atoms with Gasteiger partial charge in [-0.15, -0.1) is 0 Å². The lowest BCUT2D eigenvalue weighted by Gasteiger charge is -2.37. The standard InChI is InChI=1S/C14H28N2O/c1-5-7-8-16(11(3)6-2)14(17)12(4)13-9-15-10-13/h11-13,15H,5-10H2,1-4H3. The van der Waals surface area contributed by atoms with Crippen molar-refractivity contribution in [1.29, 1.82) is 0 Å². The molecule has 1 amide bonds. The van der Waals surface area contributed by atoms with Crippen LogP contribution in [-0.4, -0.2) is 36.5 Å². The highest BCUT2D eigenvalue weighted by Gasteiger charge is 2.32. The molecule has 0 bridgehead atoms. The van der Waals surface area contributed by atoms with E-state index >= 15 is 0 Å². The zero-order chi connectivity index (χ0) is 12.8. The Morgan fingerprint density at radius 1 is 1.35 bits per heavy atom. The molecule has 0 aromatic heterocycles. The Balaban J connectivity index is 2.56. The van der Waals surface area contributed by atoms with Gasteiger partial charge in [0, 0.05) is 18.5 Å². The zero-order valence-electron chi connectivity index (χ0n) is 11.8. The number of carbonyl (C=O) groups excluding carboxylic acids is 1. The molecule has 1 rings (SSSR count). The largest absolute Gasteiger partial charge is 0.340 e. The molecule has 0 radical (unpaired) electrons. The van der Waals surface area contributed by atoms with Gasteiger partial charge in [0.2, 0.25) is 5.91 Å². The predicted molar refractivity (Wildman–Crippen MR) is 71.9 cm³/mol. The van der Waals surface area contributed by atoms with Gasteiger partial charge in [-0.1, -0.05) is 27.2 Å². The van der Waals surface area contributed by atoms with Crippen LogP contribution in [0, 0.1) is 11.8 Å². The van der Waals surface area contributed by atoms with Crippen LogP contribution < -0.4 is 5.32 Å². The number of carbonyl (C=O) groups is 1. The van der Waals surface area contributed by atoms with Crippen molar-refractivity contribution < 1.29 is 4.79 Å². The van der Waals surface area contributed by atoms with Crippen LogP contribution in [0.1, 0.15) is 47.0 Å². The molecule has 2 atom stereocenters. The summed E-state index contributed by atoms with van der Waals surface area (Å²) < 4.78 is 0. The first-order valence-corrected chi connectivity index (χ1v) is 7.12. The SMILES string of the molecule is CCCCN(C(=O)C(C)C1CNC1)C(C)CC. The maximum absolute atomic E-state index is 12.5. The average Bonchev–Trinajstić information content (AvgIpc) is 2.26. The van der Waals surface area contributed by atoms with Gasteiger partial charge in [0.05, 0.1) is 0 Å². The molecule has 0 aliphatic carbocycles. The highest BCUT2D eigenvalue weighted by molar-refractivity contribution is 5.79. The molecule has 17 heavy (non-hydrogen) atoms. The maximum atomic E-state index is 12.5. The summed E-state index contributed by atoms with van der Waals surface area (Å²) in [5, 5.41) is 3.25. The average molecular weight is 240 g/mol. The molecule has 1 aliphatic rings. The van der Waals surface area contributed by atoms with Crippen molar-refractivity contribution in [2.24, 2.45) is 11.8 Å². The quantitative estimate of drug-likeness (QED) is 0.740. The Bertz CT molecular complexity index is 238. The molecular weight excluding hydrogens is 212 g/mol. The smallest absolute Gasteiger partial charge is 0.226 e. The highest BCUT2D eigenvalue weighted by Crippen LogP contribution is 2.20. The number of amides is 1. The molecule has 2 unspecified atom stereocenters. The summed E-state index contributed by atoms with van der Waals surface area (Å²) in [5.41, 5.74) is 0. The Morgan fingerprint density at radius 3 is 2.41 bits per heavy atom. The number of nitrogens with zero attached hydrogens (tertiary/aromatic N) is 1. The van der Waals surface area contributed by atoms with Crippen molar-refractivity contribution >= 4 is 5.91 Å². The molecule has 0 aromatic carbocycles.